The molecule has 0 fully saturated rings. The lowest BCUT2D eigenvalue weighted by Crippen LogP contribution is -2.27. The monoisotopic (exact) mass is 336 g/mol. The van der Waals surface area contributed by atoms with Gasteiger partial charge in [0.15, 0.2) is 0 Å². The zero-order valence-electron chi connectivity index (χ0n) is 12.1. The van der Waals surface area contributed by atoms with E-state index in [1.807, 2.05) is 30.3 Å². The first-order chi connectivity index (χ1) is 10.7. The van der Waals surface area contributed by atoms with Gasteiger partial charge >= 0.3 is 0 Å². The second-order valence-corrected chi connectivity index (χ2v) is 5.65. The van der Waals surface area contributed by atoms with Crippen molar-refractivity contribution in [2.24, 2.45) is 0 Å². The number of hydrogen-bond donors (Lipinski definition) is 2. The highest BCUT2D eigenvalue weighted by Gasteiger charge is 2.05. The molecule has 2 rings (SSSR count). The maximum absolute atomic E-state index is 11.8. The number of anilines is 1. The topological polar surface area (TPSA) is 41.1 Å². The molecule has 0 atom stereocenters. The summed E-state index contributed by atoms with van der Waals surface area (Å²) in [5, 5.41) is 7.00. The van der Waals surface area contributed by atoms with Gasteiger partial charge in [-0.15, -0.1) is 0 Å². The third-order valence-electron chi connectivity index (χ3n) is 3.20. The molecular weight excluding hydrogens is 319 g/mol. The Hall–Kier alpha value is -1.71. The van der Waals surface area contributed by atoms with Crippen LogP contribution in [0.2, 0.25) is 10.0 Å². The van der Waals surface area contributed by atoms with Gasteiger partial charge in [0.05, 0.1) is 15.7 Å². The Morgan fingerprint density at radius 3 is 2.50 bits per heavy atom. The van der Waals surface area contributed by atoms with E-state index in [1.165, 1.54) is 5.56 Å². The predicted molar refractivity (Wildman–Crippen MR) is 92.7 cm³/mol. The third-order valence-corrected chi connectivity index (χ3v) is 4.02. The normalized spacial score (nSPS) is 10.3. The van der Waals surface area contributed by atoms with E-state index in [4.69, 9.17) is 23.2 Å². The van der Waals surface area contributed by atoms with Crippen LogP contribution in [0.1, 0.15) is 12.0 Å². The number of carbonyl (C=O) groups is 1. The van der Waals surface area contributed by atoms with E-state index in [9.17, 15) is 4.79 Å². The molecule has 2 N–H and O–H groups in total. The predicted octanol–water partition coefficient (Wildman–Crippen LogP) is 4.15. The second kappa shape index (κ2) is 8.66. The molecule has 0 heterocycles. The van der Waals surface area contributed by atoms with Gasteiger partial charge in [0.2, 0.25) is 5.91 Å². The van der Waals surface area contributed by atoms with Crippen LogP contribution in [0.5, 0.6) is 0 Å². The molecule has 0 unspecified atom stereocenters. The van der Waals surface area contributed by atoms with E-state index >= 15 is 0 Å². The molecule has 3 nitrogen and oxygen atoms in total. The van der Waals surface area contributed by atoms with Crippen molar-refractivity contribution in [3.63, 3.8) is 0 Å². The number of nitrogens with one attached hydrogen (secondary N) is 2. The molecule has 0 aliphatic heterocycles. The van der Waals surface area contributed by atoms with E-state index < -0.39 is 0 Å². The maximum Gasteiger partial charge on any atom is 0.221 e. The average Bonchev–Trinajstić information content (AvgIpc) is 2.52. The van der Waals surface area contributed by atoms with Gasteiger partial charge in [0, 0.05) is 19.5 Å². The van der Waals surface area contributed by atoms with Crippen LogP contribution in [0, 0.1) is 0 Å². The first kappa shape index (κ1) is 16.7. The number of amides is 1. The minimum Gasteiger partial charge on any atom is -0.383 e. The fourth-order valence-corrected chi connectivity index (χ4v) is 2.40. The Balaban J connectivity index is 1.66. The van der Waals surface area contributed by atoms with Crippen LogP contribution in [0.4, 0.5) is 5.69 Å². The third kappa shape index (κ3) is 5.24. The summed E-state index contributed by atoms with van der Waals surface area (Å²) < 4.78 is 0. The van der Waals surface area contributed by atoms with Gasteiger partial charge < -0.3 is 10.6 Å². The highest BCUT2D eigenvalue weighted by Crippen LogP contribution is 2.29. The van der Waals surface area contributed by atoms with Crippen molar-refractivity contribution >= 4 is 34.8 Å². The van der Waals surface area contributed by atoms with Gasteiger partial charge in [-0.3, -0.25) is 4.79 Å². The Bertz CT molecular complexity index is 617. The zero-order chi connectivity index (χ0) is 15.8. The minimum atomic E-state index is 0.0154. The average molecular weight is 337 g/mol. The van der Waals surface area contributed by atoms with E-state index in [0.29, 0.717) is 29.6 Å². The largest absolute Gasteiger partial charge is 0.383 e. The lowest BCUT2D eigenvalue weighted by Gasteiger charge is -2.09. The lowest BCUT2D eigenvalue weighted by atomic mass is 10.1. The molecule has 0 radical (unpaired) electrons. The Morgan fingerprint density at radius 1 is 0.955 bits per heavy atom. The fourth-order valence-electron chi connectivity index (χ4n) is 2.03. The van der Waals surface area contributed by atoms with Crippen LogP contribution < -0.4 is 10.6 Å². The molecule has 0 aromatic heterocycles. The molecule has 0 bridgehead atoms. The molecule has 0 saturated heterocycles. The van der Waals surface area contributed by atoms with Crippen LogP contribution in [-0.2, 0) is 11.2 Å². The van der Waals surface area contributed by atoms with Crippen molar-refractivity contribution in [2.45, 2.75) is 12.8 Å². The standard InChI is InChI=1S/C17H18Cl2N2O/c18-14-7-4-8-15(17(14)19)20-12-10-16(22)21-11-9-13-5-2-1-3-6-13/h1-8,20H,9-12H2,(H,21,22). The number of hydrogen-bond acceptors (Lipinski definition) is 2. The highest BCUT2D eigenvalue weighted by molar-refractivity contribution is 6.43. The van der Waals surface area contributed by atoms with Gasteiger partial charge in [0.25, 0.3) is 0 Å². The van der Waals surface area contributed by atoms with Crippen LogP contribution >= 0.6 is 23.2 Å². The number of halogens is 2. The minimum absolute atomic E-state index is 0.0154. The van der Waals surface area contributed by atoms with Crippen LogP contribution in [0.3, 0.4) is 0 Å². The molecule has 0 saturated carbocycles. The summed E-state index contributed by atoms with van der Waals surface area (Å²) in [5.41, 5.74) is 1.96. The van der Waals surface area contributed by atoms with Crippen molar-refractivity contribution in [1.29, 1.82) is 0 Å². The zero-order valence-corrected chi connectivity index (χ0v) is 13.6. The molecule has 116 valence electrons. The molecule has 0 aliphatic carbocycles. The SMILES string of the molecule is O=C(CCNc1cccc(Cl)c1Cl)NCCc1ccccc1. The van der Waals surface area contributed by atoms with Gasteiger partial charge in [-0.2, -0.15) is 0 Å². The second-order valence-electron chi connectivity index (χ2n) is 4.86. The van der Waals surface area contributed by atoms with Crippen molar-refractivity contribution in [1.82, 2.24) is 5.32 Å². The summed E-state index contributed by atoms with van der Waals surface area (Å²) in [6.45, 7) is 1.15. The Kier molecular flexibility index (Phi) is 6.56. The highest BCUT2D eigenvalue weighted by atomic mass is 35.5. The van der Waals surface area contributed by atoms with E-state index in [-0.39, 0.29) is 5.91 Å². The van der Waals surface area contributed by atoms with Crippen molar-refractivity contribution in [2.75, 3.05) is 18.4 Å². The summed E-state index contributed by atoms with van der Waals surface area (Å²) >= 11 is 12.0. The molecule has 1 amide bonds. The Morgan fingerprint density at radius 2 is 1.73 bits per heavy atom. The maximum atomic E-state index is 11.8. The summed E-state index contributed by atoms with van der Waals surface area (Å²) in [6.07, 6.45) is 1.22. The molecule has 22 heavy (non-hydrogen) atoms. The van der Waals surface area contributed by atoms with Gasteiger partial charge in [0.1, 0.15) is 0 Å². The Labute approximate surface area is 140 Å². The molecule has 2 aromatic carbocycles. The van der Waals surface area contributed by atoms with Gasteiger partial charge in [-0.05, 0) is 24.1 Å². The van der Waals surface area contributed by atoms with Gasteiger partial charge in [-0.1, -0.05) is 59.6 Å². The summed E-state index contributed by atoms with van der Waals surface area (Å²) in [6, 6.07) is 15.5. The summed E-state index contributed by atoms with van der Waals surface area (Å²) in [4.78, 5) is 11.8. The number of carbonyl (C=O) groups excluding carboxylic acids is 1. The van der Waals surface area contributed by atoms with Crippen LogP contribution in [-0.4, -0.2) is 19.0 Å². The van der Waals surface area contributed by atoms with Crippen molar-refractivity contribution in [3.05, 3.63) is 64.1 Å². The molecule has 0 spiro atoms. The quantitative estimate of drug-likeness (QED) is 0.797. The van der Waals surface area contributed by atoms with E-state index in [2.05, 4.69) is 22.8 Å². The van der Waals surface area contributed by atoms with E-state index in [0.717, 1.165) is 12.1 Å². The van der Waals surface area contributed by atoms with E-state index in [1.54, 1.807) is 6.07 Å². The lowest BCUT2D eigenvalue weighted by molar-refractivity contribution is -0.120. The summed E-state index contributed by atoms with van der Waals surface area (Å²) in [5.74, 6) is 0.0154. The fraction of sp³-hybridized carbons (Fsp3) is 0.235. The molecule has 5 heteroatoms. The first-order valence-electron chi connectivity index (χ1n) is 7.15. The molecule has 0 aliphatic rings. The van der Waals surface area contributed by atoms with Crippen LogP contribution in [0.15, 0.2) is 48.5 Å². The van der Waals surface area contributed by atoms with Gasteiger partial charge in [-0.25, -0.2) is 0 Å². The van der Waals surface area contributed by atoms with Crippen LogP contribution in [0.25, 0.3) is 0 Å². The van der Waals surface area contributed by atoms with Crippen molar-refractivity contribution < 1.29 is 4.79 Å². The number of benzene rings is 2. The van der Waals surface area contributed by atoms with Crippen molar-refractivity contribution in [3.8, 4) is 0 Å². The summed E-state index contributed by atoms with van der Waals surface area (Å²) in [7, 11) is 0. The first-order valence-corrected chi connectivity index (χ1v) is 7.91. The molecular formula is C17H18Cl2N2O. The number of rotatable bonds is 7. The molecule has 2 aromatic rings. The smallest absolute Gasteiger partial charge is 0.221 e.